The minimum Gasteiger partial charge on any atom is -0.377 e. The maximum Gasteiger partial charge on any atom is 0.0433 e. The summed E-state index contributed by atoms with van der Waals surface area (Å²) >= 11 is 0. The minimum absolute atomic E-state index is 0.607. The van der Waals surface area contributed by atoms with Gasteiger partial charge in [-0.15, -0.1) is 9.24 Å². The number of hydrogen-bond donors (Lipinski definition) is 0. The van der Waals surface area contributed by atoms with Crippen LogP contribution < -0.4 is 10.2 Å². The molecule has 0 fully saturated rings. The minimum atomic E-state index is 0.607. The summed E-state index contributed by atoms with van der Waals surface area (Å²) in [5.74, 6) is 0.607. The molecule has 1 nitrogen and oxygen atoms in total. The third kappa shape index (κ3) is 2.45. The van der Waals surface area contributed by atoms with Gasteiger partial charge >= 0.3 is 0 Å². The number of hydrogen-bond acceptors (Lipinski definition) is 1. The first-order valence-electron chi connectivity index (χ1n) is 4.59. The Hall–Kier alpha value is -0.550. The third-order valence-corrected chi connectivity index (χ3v) is 2.66. The number of nitrogens with zero attached hydrogens (tertiary/aromatic N) is 1. The maximum atomic E-state index is 2.79. The molecular formula is C11H18NP. The van der Waals surface area contributed by atoms with Crippen LogP contribution in [0.5, 0.6) is 0 Å². The van der Waals surface area contributed by atoms with Gasteiger partial charge in [0.05, 0.1) is 0 Å². The summed E-state index contributed by atoms with van der Waals surface area (Å²) in [4.78, 5) is 2.13. The van der Waals surface area contributed by atoms with Gasteiger partial charge in [0.15, 0.2) is 0 Å². The Morgan fingerprint density at radius 3 is 2.23 bits per heavy atom. The van der Waals surface area contributed by atoms with Crippen LogP contribution in [0.1, 0.15) is 25.3 Å². The Kier molecular flexibility index (Phi) is 3.33. The second-order valence-electron chi connectivity index (χ2n) is 3.87. The second kappa shape index (κ2) is 4.11. The molecule has 13 heavy (non-hydrogen) atoms. The maximum absolute atomic E-state index is 2.79. The standard InChI is InChI=1S/C11H18NP/c1-8(2)9-5-6-10(12(3)4)11(13)7-9/h5-8H,13H2,1-4H3. The molecule has 1 aromatic carbocycles. The third-order valence-electron chi connectivity index (χ3n) is 2.20. The van der Waals surface area contributed by atoms with E-state index in [9.17, 15) is 0 Å². The molecule has 0 saturated carbocycles. The van der Waals surface area contributed by atoms with Crippen molar-refractivity contribution in [1.29, 1.82) is 0 Å². The molecule has 0 heterocycles. The summed E-state index contributed by atoms with van der Waals surface area (Å²) in [6.45, 7) is 4.43. The summed E-state index contributed by atoms with van der Waals surface area (Å²) in [7, 11) is 6.93. The molecule has 0 aliphatic carbocycles. The van der Waals surface area contributed by atoms with Crippen LogP contribution in [0.4, 0.5) is 5.69 Å². The molecule has 0 saturated heterocycles. The van der Waals surface area contributed by atoms with E-state index in [0.29, 0.717) is 5.92 Å². The zero-order valence-electron chi connectivity index (χ0n) is 8.83. The van der Waals surface area contributed by atoms with Crippen LogP contribution in [0.25, 0.3) is 0 Å². The van der Waals surface area contributed by atoms with Crippen LogP contribution in [0.15, 0.2) is 18.2 Å². The van der Waals surface area contributed by atoms with Crippen molar-refractivity contribution in [3.05, 3.63) is 23.8 Å². The van der Waals surface area contributed by atoms with Gasteiger partial charge in [-0.3, -0.25) is 0 Å². The zero-order valence-corrected chi connectivity index (χ0v) is 9.99. The van der Waals surface area contributed by atoms with Crippen LogP contribution in [-0.4, -0.2) is 14.1 Å². The van der Waals surface area contributed by atoms with E-state index in [4.69, 9.17) is 0 Å². The highest BCUT2D eigenvalue weighted by Crippen LogP contribution is 2.18. The fraction of sp³-hybridized carbons (Fsp3) is 0.455. The largest absolute Gasteiger partial charge is 0.377 e. The highest BCUT2D eigenvalue weighted by Gasteiger charge is 2.03. The topological polar surface area (TPSA) is 3.24 Å². The van der Waals surface area contributed by atoms with Gasteiger partial charge in [0, 0.05) is 19.8 Å². The van der Waals surface area contributed by atoms with E-state index < -0.39 is 0 Å². The molecule has 0 aliphatic rings. The molecule has 1 unspecified atom stereocenters. The van der Waals surface area contributed by atoms with E-state index in [0.717, 1.165) is 0 Å². The van der Waals surface area contributed by atoms with Crippen molar-refractivity contribution in [3.8, 4) is 0 Å². The summed E-state index contributed by atoms with van der Waals surface area (Å²) in [5.41, 5.74) is 2.67. The first kappa shape index (κ1) is 10.5. The molecule has 0 aliphatic heterocycles. The number of benzene rings is 1. The Morgan fingerprint density at radius 1 is 1.23 bits per heavy atom. The van der Waals surface area contributed by atoms with E-state index in [1.807, 2.05) is 0 Å². The molecule has 1 aromatic rings. The molecule has 2 heteroatoms. The van der Waals surface area contributed by atoms with Crippen molar-refractivity contribution in [2.24, 2.45) is 0 Å². The number of anilines is 1. The fourth-order valence-electron chi connectivity index (χ4n) is 1.34. The smallest absolute Gasteiger partial charge is 0.0433 e. The van der Waals surface area contributed by atoms with E-state index in [1.54, 1.807) is 0 Å². The van der Waals surface area contributed by atoms with Gasteiger partial charge in [-0.05, 0) is 28.9 Å². The Morgan fingerprint density at radius 2 is 1.85 bits per heavy atom. The van der Waals surface area contributed by atoms with E-state index in [1.165, 1.54) is 16.6 Å². The lowest BCUT2D eigenvalue weighted by atomic mass is 10.0. The Balaban J connectivity index is 3.06. The molecule has 0 aromatic heterocycles. The quantitative estimate of drug-likeness (QED) is 0.655. The van der Waals surface area contributed by atoms with E-state index in [-0.39, 0.29) is 0 Å². The number of rotatable bonds is 2. The lowest BCUT2D eigenvalue weighted by molar-refractivity contribution is 0.867. The van der Waals surface area contributed by atoms with Gasteiger partial charge in [0.2, 0.25) is 0 Å². The van der Waals surface area contributed by atoms with Crippen LogP contribution in [0.3, 0.4) is 0 Å². The van der Waals surface area contributed by atoms with Crippen molar-refractivity contribution >= 4 is 20.2 Å². The van der Waals surface area contributed by atoms with Crippen molar-refractivity contribution in [3.63, 3.8) is 0 Å². The predicted octanol–water partition coefficient (Wildman–Crippen LogP) is 2.38. The molecule has 0 radical (unpaired) electrons. The van der Waals surface area contributed by atoms with E-state index >= 15 is 0 Å². The molecule has 0 spiro atoms. The average Bonchev–Trinajstić information content (AvgIpc) is 2.03. The fourth-order valence-corrected chi connectivity index (χ4v) is 1.89. The predicted molar refractivity (Wildman–Crippen MR) is 64.2 cm³/mol. The summed E-state index contributed by atoms with van der Waals surface area (Å²) in [5, 5.41) is 1.27. The lowest BCUT2D eigenvalue weighted by Crippen LogP contribution is -2.15. The molecule has 0 bridgehead atoms. The Labute approximate surface area is 83.3 Å². The lowest BCUT2D eigenvalue weighted by Gasteiger charge is -2.17. The van der Waals surface area contributed by atoms with Gasteiger partial charge < -0.3 is 4.90 Å². The van der Waals surface area contributed by atoms with Crippen LogP contribution in [0.2, 0.25) is 0 Å². The second-order valence-corrected chi connectivity index (χ2v) is 4.49. The molecule has 0 N–H and O–H groups in total. The van der Waals surface area contributed by atoms with Crippen molar-refractivity contribution in [2.45, 2.75) is 19.8 Å². The van der Waals surface area contributed by atoms with E-state index in [2.05, 4.69) is 60.3 Å². The highest BCUT2D eigenvalue weighted by molar-refractivity contribution is 7.28. The molecule has 72 valence electrons. The summed E-state index contributed by atoms with van der Waals surface area (Å²) in [6.07, 6.45) is 0. The highest BCUT2D eigenvalue weighted by atomic mass is 31.0. The van der Waals surface area contributed by atoms with Crippen LogP contribution in [-0.2, 0) is 0 Å². The zero-order chi connectivity index (χ0) is 10.0. The van der Waals surface area contributed by atoms with Gasteiger partial charge in [0.1, 0.15) is 0 Å². The molecule has 1 rings (SSSR count). The van der Waals surface area contributed by atoms with Crippen molar-refractivity contribution < 1.29 is 0 Å². The van der Waals surface area contributed by atoms with Gasteiger partial charge in [-0.2, -0.15) is 0 Å². The SMILES string of the molecule is CC(C)c1ccc(N(C)C)c(P)c1. The van der Waals surface area contributed by atoms with Crippen molar-refractivity contribution in [2.75, 3.05) is 19.0 Å². The Bertz CT molecular complexity index is 292. The first-order chi connectivity index (χ1) is 6.02. The van der Waals surface area contributed by atoms with Crippen LogP contribution in [0, 0.1) is 0 Å². The normalized spacial score (nSPS) is 10.6. The molecule has 0 amide bonds. The van der Waals surface area contributed by atoms with Crippen LogP contribution >= 0.6 is 9.24 Å². The first-order valence-corrected chi connectivity index (χ1v) is 5.17. The van der Waals surface area contributed by atoms with Gasteiger partial charge in [0.25, 0.3) is 0 Å². The van der Waals surface area contributed by atoms with Gasteiger partial charge in [-0.25, -0.2) is 0 Å². The summed E-state index contributed by atoms with van der Waals surface area (Å²) in [6, 6.07) is 6.62. The van der Waals surface area contributed by atoms with Crippen molar-refractivity contribution in [1.82, 2.24) is 0 Å². The molecule has 1 atom stereocenters. The average molecular weight is 195 g/mol. The monoisotopic (exact) mass is 195 g/mol. The summed E-state index contributed by atoms with van der Waals surface area (Å²) < 4.78 is 0. The van der Waals surface area contributed by atoms with Gasteiger partial charge in [-0.1, -0.05) is 19.9 Å². The molecular weight excluding hydrogens is 177 g/mol.